The molecule has 0 aliphatic rings. The maximum absolute atomic E-state index is 12.2. The molecule has 2 N–H and O–H groups in total. The second-order valence-corrected chi connectivity index (χ2v) is 4.45. The molecule has 21 heavy (non-hydrogen) atoms. The molecule has 0 aromatic carbocycles. The van der Waals surface area contributed by atoms with Crippen LogP contribution in [0.25, 0.3) is 0 Å². The van der Waals surface area contributed by atoms with Gasteiger partial charge in [-0.3, -0.25) is 9.78 Å². The zero-order valence-electron chi connectivity index (χ0n) is 11.7. The first-order chi connectivity index (χ1) is 10.2. The monoisotopic (exact) mass is 284 g/mol. The van der Waals surface area contributed by atoms with Crippen LogP contribution in [0.3, 0.4) is 0 Å². The number of rotatable bonds is 4. The minimum absolute atomic E-state index is 0.0151. The van der Waals surface area contributed by atoms with Crippen LogP contribution < -0.4 is 5.32 Å². The fourth-order valence-electron chi connectivity index (χ4n) is 1.74. The second-order valence-electron chi connectivity index (χ2n) is 4.45. The Morgan fingerprint density at radius 3 is 3.10 bits per heavy atom. The third kappa shape index (κ3) is 4.20. The molecule has 0 aliphatic carbocycles. The van der Waals surface area contributed by atoms with E-state index in [1.807, 2.05) is 6.92 Å². The van der Waals surface area contributed by atoms with Crippen LogP contribution in [0, 0.1) is 11.8 Å². The fourth-order valence-corrected chi connectivity index (χ4v) is 1.74. The van der Waals surface area contributed by atoms with Crippen LogP contribution in [0.15, 0.2) is 41.3 Å². The van der Waals surface area contributed by atoms with Gasteiger partial charge < -0.3 is 14.8 Å². The van der Waals surface area contributed by atoms with Gasteiger partial charge in [-0.15, -0.1) is 0 Å². The lowest BCUT2D eigenvalue weighted by atomic mass is 10.1. The summed E-state index contributed by atoms with van der Waals surface area (Å²) in [5, 5.41) is 11.5. The van der Waals surface area contributed by atoms with E-state index in [1.54, 1.807) is 30.7 Å². The number of nitrogens with one attached hydrogen (secondary N) is 1. The summed E-state index contributed by atoms with van der Waals surface area (Å²) in [7, 11) is 0. The summed E-state index contributed by atoms with van der Waals surface area (Å²) in [6.07, 6.45) is 5.03. The normalized spacial score (nSPS) is 11.3. The fraction of sp³-hybridized carbons (Fsp3) is 0.250. The molecule has 2 aromatic rings. The molecule has 1 amide bonds. The van der Waals surface area contributed by atoms with Gasteiger partial charge in [-0.25, -0.2) is 0 Å². The first-order valence-electron chi connectivity index (χ1n) is 6.59. The van der Waals surface area contributed by atoms with Crippen molar-refractivity contribution in [3.05, 3.63) is 53.7 Å². The number of carbonyl (C=O) groups excluding carboxylic acids is 1. The highest BCUT2D eigenvalue weighted by atomic mass is 16.3. The van der Waals surface area contributed by atoms with Crippen molar-refractivity contribution < 1.29 is 14.3 Å². The molecule has 108 valence electrons. The second kappa shape index (κ2) is 7.27. The average Bonchev–Trinajstić information content (AvgIpc) is 3.02. The van der Waals surface area contributed by atoms with Crippen molar-refractivity contribution in [2.45, 2.75) is 19.4 Å². The smallest absolute Gasteiger partial charge is 0.253 e. The van der Waals surface area contributed by atoms with Crippen molar-refractivity contribution in [2.24, 2.45) is 0 Å². The lowest BCUT2D eigenvalue weighted by molar-refractivity contribution is 0.0935. The number of aromatic nitrogens is 1. The van der Waals surface area contributed by atoms with E-state index in [0.717, 1.165) is 0 Å². The minimum atomic E-state index is -0.239. The number of aliphatic hydroxyl groups excluding tert-OH is 1. The Morgan fingerprint density at radius 2 is 2.38 bits per heavy atom. The summed E-state index contributed by atoms with van der Waals surface area (Å²) in [5.74, 6) is 6.10. The molecule has 5 nitrogen and oxygen atoms in total. The van der Waals surface area contributed by atoms with Gasteiger partial charge in [-0.1, -0.05) is 11.8 Å². The van der Waals surface area contributed by atoms with E-state index in [9.17, 15) is 4.79 Å². The largest absolute Gasteiger partial charge is 0.467 e. The molecular weight excluding hydrogens is 268 g/mol. The van der Waals surface area contributed by atoms with Gasteiger partial charge >= 0.3 is 0 Å². The van der Waals surface area contributed by atoms with Crippen LogP contribution in [0.5, 0.6) is 0 Å². The van der Waals surface area contributed by atoms with Crippen LogP contribution in [-0.4, -0.2) is 22.6 Å². The number of carbonyl (C=O) groups is 1. The number of furan rings is 1. The van der Waals surface area contributed by atoms with Crippen LogP contribution >= 0.6 is 0 Å². The molecule has 2 rings (SSSR count). The van der Waals surface area contributed by atoms with Gasteiger partial charge in [-0.2, -0.15) is 0 Å². The Balaban J connectivity index is 2.06. The van der Waals surface area contributed by atoms with Crippen molar-refractivity contribution in [3.63, 3.8) is 0 Å². The molecule has 1 unspecified atom stereocenters. The van der Waals surface area contributed by atoms with Gasteiger partial charge in [0.15, 0.2) is 0 Å². The van der Waals surface area contributed by atoms with E-state index >= 15 is 0 Å². The van der Waals surface area contributed by atoms with E-state index in [0.29, 0.717) is 23.3 Å². The van der Waals surface area contributed by atoms with Crippen molar-refractivity contribution in [3.8, 4) is 11.8 Å². The van der Waals surface area contributed by atoms with Crippen LogP contribution in [0.2, 0.25) is 0 Å². The van der Waals surface area contributed by atoms with Crippen molar-refractivity contribution in [1.82, 2.24) is 10.3 Å². The molecule has 0 bridgehead atoms. The van der Waals surface area contributed by atoms with Crippen molar-refractivity contribution >= 4 is 5.91 Å². The van der Waals surface area contributed by atoms with E-state index < -0.39 is 0 Å². The summed E-state index contributed by atoms with van der Waals surface area (Å²) in [5.41, 5.74) is 1.07. The van der Waals surface area contributed by atoms with E-state index in [4.69, 9.17) is 9.52 Å². The predicted molar refractivity (Wildman–Crippen MR) is 77.4 cm³/mol. The number of pyridine rings is 1. The quantitative estimate of drug-likeness (QED) is 0.841. The summed E-state index contributed by atoms with van der Waals surface area (Å²) in [6, 6.07) is 5.02. The van der Waals surface area contributed by atoms with E-state index in [-0.39, 0.29) is 18.6 Å². The first-order valence-corrected chi connectivity index (χ1v) is 6.59. The number of amides is 1. The standard InChI is InChI=1S/C16H16N2O3/c1-12(15-6-4-8-21-15)18-16(20)14-9-13(10-17-11-14)5-2-3-7-19/h4,6,8-12,19H,3,7H2,1H3,(H,18,20). The Hall–Kier alpha value is -2.58. The molecule has 0 spiro atoms. The molecule has 1 atom stereocenters. The number of aliphatic hydroxyl groups is 1. The highest BCUT2D eigenvalue weighted by Gasteiger charge is 2.13. The van der Waals surface area contributed by atoms with Crippen LogP contribution in [-0.2, 0) is 0 Å². The maximum atomic E-state index is 12.2. The summed E-state index contributed by atoms with van der Waals surface area (Å²) < 4.78 is 5.24. The Morgan fingerprint density at radius 1 is 1.52 bits per heavy atom. The molecule has 0 saturated heterocycles. The van der Waals surface area contributed by atoms with Gasteiger partial charge in [0.25, 0.3) is 5.91 Å². The van der Waals surface area contributed by atoms with E-state index in [2.05, 4.69) is 22.1 Å². The highest BCUT2D eigenvalue weighted by molar-refractivity contribution is 5.94. The zero-order valence-corrected chi connectivity index (χ0v) is 11.7. The van der Waals surface area contributed by atoms with Gasteiger partial charge in [0.2, 0.25) is 0 Å². The molecule has 0 saturated carbocycles. The van der Waals surface area contributed by atoms with Crippen LogP contribution in [0.4, 0.5) is 0 Å². The summed E-state index contributed by atoms with van der Waals surface area (Å²) in [4.78, 5) is 16.2. The third-order valence-electron chi connectivity index (χ3n) is 2.79. The SMILES string of the molecule is CC(NC(=O)c1cncc(C#CCCO)c1)c1ccco1. The molecule has 0 radical (unpaired) electrons. The van der Waals surface area contributed by atoms with Crippen LogP contribution in [0.1, 0.15) is 41.1 Å². The number of hydrogen-bond donors (Lipinski definition) is 2. The van der Waals surface area contributed by atoms with E-state index in [1.165, 1.54) is 6.20 Å². The van der Waals surface area contributed by atoms with Gasteiger partial charge in [0.1, 0.15) is 5.76 Å². The molecule has 2 heterocycles. The predicted octanol–water partition coefficient (Wildman–Crippen LogP) is 1.90. The topological polar surface area (TPSA) is 75.4 Å². The minimum Gasteiger partial charge on any atom is -0.467 e. The Labute approximate surface area is 123 Å². The van der Waals surface area contributed by atoms with Gasteiger partial charge in [-0.05, 0) is 25.1 Å². The zero-order chi connectivity index (χ0) is 15.1. The summed E-state index contributed by atoms with van der Waals surface area (Å²) >= 11 is 0. The summed E-state index contributed by atoms with van der Waals surface area (Å²) in [6.45, 7) is 1.86. The first kappa shape index (κ1) is 14.8. The lowest BCUT2D eigenvalue weighted by Gasteiger charge is -2.11. The molecule has 2 aromatic heterocycles. The van der Waals surface area contributed by atoms with Crippen molar-refractivity contribution in [1.29, 1.82) is 0 Å². The van der Waals surface area contributed by atoms with Gasteiger partial charge in [0, 0.05) is 24.4 Å². The average molecular weight is 284 g/mol. The lowest BCUT2D eigenvalue weighted by Crippen LogP contribution is -2.26. The van der Waals surface area contributed by atoms with Gasteiger partial charge in [0.05, 0.1) is 24.5 Å². The number of hydrogen-bond acceptors (Lipinski definition) is 4. The van der Waals surface area contributed by atoms with Crippen molar-refractivity contribution in [2.75, 3.05) is 6.61 Å². The Kier molecular flexibility index (Phi) is 5.13. The number of nitrogens with zero attached hydrogens (tertiary/aromatic N) is 1. The third-order valence-corrected chi connectivity index (χ3v) is 2.79. The molecule has 0 aliphatic heterocycles. The molecular formula is C16H16N2O3. The Bertz CT molecular complexity index is 654. The maximum Gasteiger partial charge on any atom is 0.253 e. The highest BCUT2D eigenvalue weighted by Crippen LogP contribution is 2.13. The molecule has 0 fully saturated rings. The molecule has 5 heteroatoms.